The van der Waals surface area contributed by atoms with Crippen LogP contribution in [0.2, 0.25) is 0 Å². The van der Waals surface area contributed by atoms with Crippen molar-refractivity contribution in [1.29, 1.82) is 0 Å². The Morgan fingerprint density at radius 3 is 2.58 bits per heavy atom. The van der Waals surface area contributed by atoms with Crippen LogP contribution in [0.1, 0.15) is 64.5 Å². The highest BCUT2D eigenvalue weighted by Crippen LogP contribution is 2.30. The van der Waals surface area contributed by atoms with Crippen molar-refractivity contribution in [3.8, 4) is 5.75 Å². The number of nitrogens with one attached hydrogen (secondary N) is 1. The fraction of sp³-hybridized carbons (Fsp3) is 0.647. The van der Waals surface area contributed by atoms with Crippen molar-refractivity contribution < 1.29 is 4.74 Å². The first-order valence-electron chi connectivity index (χ1n) is 7.72. The summed E-state index contributed by atoms with van der Waals surface area (Å²) in [6.07, 6.45) is 6.62. The lowest BCUT2D eigenvalue weighted by atomic mass is 10.1. The summed E-state index contributed by atoms with van der Waals surface area (Å²) < 4.78 is 6.20. The van der Waals surface area contributed by atoms with E-state index in [0.29, 0.717) is 18.2 Å². The quantitative estimate of drug-likeness (QED) is 0.816. The molecule has 1 aliphatic carbocycles. The van der Waals surface area contributed by atoms with Crippen LogP contribution >= 0.6 is 0 Å². The van der Waals surface area contributed by atoms with Crippen LogP contribution in [0.25, 0.3) is 0 Å². The minimum atomic E-state index is 0.340. The lowest BCUT2D eigenvalue weighted by Crippen LogP contribution is -2.28. The lowest BCUT2D eigenvalue weighted by Gasteiger charge is -2.23. The van der Waals surface area contributed by atoms with Crippen molar-refractivity contribution in [1.82, 2.24) is 5.32 Å². The topological polar surface area (TPSA) is 21.3 Å². The molecule has 0 spiro atoms. The number of hydrogen-bond acceptors (Lipinski definition) is 2. The molecule has 0 heterocycles. The molecule has 2 heteroatoms. The molecule has 1 aromatic carbocycles. The van der Waals surface area contributed by atoms with Gasteiger partial charge in [0.05, 0.1) is 6.10 Å². The molecule has 0 aromatic heterocycles. The summed E-state index contributed by atoms with van der Waals surface area (Å²) in [6, 6.07) is 9.35. The second kappa shape index (κ2) is 6.95. The van der Waals surface area contributed by atoms with Crippen molar-refractivity contribution in [3.63, 3.8) is 0 Å². The Morgan fingerprint density at radius 2 is 1.89 bits per heavy atom. The van der Waals surface area contributed by atoms with Crippen LogP contribution in [-0.2, 0) is 0 Å². The van der Waals surface area contributed by atoms with E-state index in [4.69, 9.17) is 4.74 Å². The number of benzene rings is 1. The van der Waals surface area contributed by atoms with Crippen LogP contribution in [0.5, 0.6) is 5.75 Å². The standard InChI is InChI=1S/C17H27NO/c1-4-13(2)18-14(3)16-11-7-8-12-17(16)19-15-9-5-6-10-15/h7-8,11-15,18H,4-6,9-10H2,1-3H3/t13-,14-/m0/s1. The molecule has 0 saturated heterocycles. The predicted molar refractivity (Wildman–Crippen MR) is 80.6 cm³/mol. The van der Waals surface area contributed by atoms with Crippen molar-refractivity contribution >= 4 is 0 Å². The van der Waals surface area contributed by atoms with Gasteiger partial charge in [0, 0.05) is 17.6 Å². The molecule has 0 amide bonds. The van der Waals surface area contributed by atoms with Gasteiger partial charge in [0.25, 0.3) is 0 Å². The van der Waals surface area contributed by atoms with Crippen molar-refractivity contribution in [2.24, 2.45) is 0 Å². The molecule has 0 unspecified atom stereocenters. The molecule has 2 rings (SSSR count). The van der Waals surface area contributed by atoms with Gasteiger partial charge in [-0.15, -0.1) is 0 Å². The molecule has 0 bridgehead atoms. The van der Waals surface area contributed by atoms with Crippen LogP contribution in [0.3, 0.4) is 0 Å². The Hall–Kier alpha value is -1.02. The smallest absolute Gasteiger partial charge is 0.124 e. The molecule has 2 atom stereocenters. The molecule has 1 saturated carbocycles. The maximum atomic E-state index is 6.20. The van der Waals surface area contributed by atoms with E-state index in [2.05, 4.69) is 50.4 Å². The molecule has 1 aromatic rings. The van der Waals surface area contributed by atoms with E-state index in [1.807, 2.05) is 0 Å². The summed E-state index contributed by atoms with van der Waals surface area (Å²) >= 11 is 0. The zero-order chi connectivity index (χ0) is 13.7. The number of rotatable bonds is 6. The molecule has 2 nitrogen and oxygen atoms in total. The molecular formula is C17H27NO. The molecule has 1 fully saturated rings. The third kappa shape index (κ3) is 3.97. The Labute approximate surface area is 117 Å². The second-order valence-corrected chi connectivity index (χ2v) is 5.76. The molecule has 1 N–H and O–H groups in total. The zero-order valence-electron chi connectivity index (χ0n) is 12.5. The third-order valence-electron chi connectivity index (χ3n) is 4.13. The minimum absolute atomic E-state index is 0.340. The highest BCUT2D eigenvalue weighted by Gasteiger charge is 2.19. The summed E-state index contributed by atoms with van der Waals surface area (Å²) in [5.41, 5.74) is 1.29. The maximum absolute atomic E-state index is 6.20. The molecule has 19 heavy (non-hydrogen) atoms. The molecule has 1 aliphatic rings. The van der Waals surface area contributed by atoms with Crippen molar-refractivity contribution in [3.05, 3.63) is 29.8 Å². The first-order valence-corrected chi connectivity index (χ1v) is 7.72. The van der Waals surface area contributed by atoms with Gasteiger partial charge >= 0.3 is 0 Å². The normalized spacial score (nSPS) is 19.3. The van der Waals surface area contributed by atoms with E-state index >= 15 is 0 Å². The number of hydrogen-bond donors (Lipinski definition) is 1. The molecule has 0 radical (unpaired) electrons. The van der Waals surface area contributed by atoms with Gasteiger partial charge in [-0.2, -0.15) is 0 Å². The monoisotopic (exact) mass is 261 g/mol. The number of ether oxygens (including phenoxy) is 1. The van der Waals surface area contributed by atoms with Crippen LogP contribution in [0, 0.1) is 0 Å². The van der Waals surface area contributed by atoms with Crippen LogP contribution in [0.15, 0.2) is 24.3 Å². The van der Waals surface area contributed by atoms with Crippen molar-refractivity contribution in [2.75, 3.05) is 0 Å². The Balaban J connectivity index is 2.06. The molecule has 0 aliphatic heterocycles. The Bertz CT molecular complexity index is 385. The van der Waals surface area contributed by atoms with Crippen LogP contribution in [-0.4, -0.2) is 12.1 Å². The predicted octanol–water partition coefficient (Wildman–Crippen LogP) is 4.46. The summed E-state index contributed by atoms with van der Waals surface area (Å²) in [5, 5.41) is 3.63. The zero-order valence-corrected chi connectivity index (χ0v) is 12.5. The van der Waals surface area contributed by atoms with Crippen LogP contribution in [0.4, 0.5) is 0 Å². The third-order valence-corrected chi connectivity index (χ3v) is 4.13. The fourth-order valence-corrected chi connectivity index (χ4v) is 2.77. The summed E-state index contributed by atoms with van der Waals surface area (Å²) in [5.74, 6) is 1.07. The highest BCUT2D eigenvalue weighted by molar-refractivity contribution is 5.36. The SMILES string of the molecule is CC[C@H](C)N[C@@H](C)c1ccccc1OC1CCCC1. The van der Waals surface area contributed by atoms with Gasteiger partial charge in [0.2, 0.25) is 0 Å². The van der Waals surface area contributed by atoms with Crippen molar-refractivity contribution in [2.45, 2.75) is 71.1 Å². The van der Waals surface area contributed by atoms with E-state index in [1.165, 1.54) is 31.2 Å². The van der Waals surface area contributed by atoms with Gasteiger partial charge < -0.3 is 10.1 Å². The second-order valence-electron chi connectivity index (χ2n) is 5.76. The van der Waals surface area contributed by atoms with E-state index < -0.39 is 0 Å². The lowest BCUT2D eigenvalue weighted by molar-refractivity contribution is 0.206. The van der Waals surface area contributed by atoms with E-state index in [-0.39, 0.29) is 0 Å². The van der Waals surface area contributed by atoms with Gasteiger partial charge in [-0.25, -0.2) is 0 Å². The Kier molecular flexibility index (Phi) is 5.26. The van der Waals surface area contributed by atoms with Crippen LogP contribution < -0.4 is 10.1 Å². The molecule has 106 valence electrons. The van der Waals surface area contributed by atoms with Gasteiger partial charge in [0.1, 0.15) is 5.75 Å². The van der Waals surface area contributed by atoms with E-state index in [1.54, 1.807) is 0 Å². The Morgan fingerprint density at radius 1 is 1.21 bits per heavy atom. The summed E-state index contributed by atoms with van der Waals surface area (Å²) in [6.45, 7) is 6.67. The first-order chi connectivity index (χ1) is 9.20. The van der Waals surface area contributed by atoms with Gasteiger partial charge in [-0.05, 0) is 52.0 Å². The maximum Gasteiger partial charge on any atom is 0.124 e. The largest absolute Gasteiger partial charge is 0.490 e. The first kappa shape index (κ1) is 14.4. The minimum Gasteiger partial charge on any atom is -0.490 e. The van der Waals surface area contributed by atoms with Gasteiger partial charge in [-0.3, -0.25) is 0 Å². The summed E-state index contributed by atoms with van der Waals surface area (Å²) in [7, 11) is 0. The average Bonchev–Trinajstić information content (AvgIpc) is 2.92. The average molecular weight is 261 g/mol. The number of para-hydroxylation sites is 1. The van der Waals surface area contributed by atoms with Gasteiger partial charge in [-0.1, -0.05) is 25.1 Å². The van der Waals surface area contributed by atoms with E-state index in [9.17, 15) is 0 Å². The molecular weight excluding hydrogens is 234 g/mol. The summed E-state index contributed by atoms with van der Waals surface area (Å²) in [4.78, 5) is 0. The fourth-order valence-electron chi connectivity index (χ4n) is 2.77. The highest BCUT2D eigenvalue weighted by atomic mass is 16.5. The van der Waals surface area contributed by atoms with E-state index in [0.717, 1.165) is 12.2 Å². The van der Waals surface area contributed by atoms with Gasteiger partial charge in [0.15, 0.2) is 0 Å².